The van der Waals surface area contributed by atoms with Crippen LogP contribution in [0.2, 0.25) is 0 Å². The third-order valence-corrected chi connectivity index (χ3v) is 8.06. The summed E-state index contributed by atoms with van der Waals surface area (Å²) in [7, 11) is -3.32. The number of carbonyl (C=O) groups excluding carboxylic acids is 1. The lowest BCUT2D eigenvalue weighted by molar-refractivity contribution is -0.126. The summed E-state index contributed by atoms with van der Waals surface area (Å²) in [5.41, 5.74) is 1.39. The summed E-state index contributed by atoms with van der Waals surface area (Å²) in [6, 6.07) is 9.05. The molecule has 1 aromatic carbocycles. The number of hydrogen-bond acceptors (Lipinski definition) is 7. The summed E-state index contributed by atoms with van der Waals surface area (Å²) in [5, 5.41) is 6.07. The highest BCUT2D eigenvalue weighted by atomic mass is 32.2. The number of thiophene rings is 1. The second-order valence-corrected chi connectivity index (χ2v) is 11.3. The number of anilines is 1. The van der Waals surface area contributed by atoms with Gasteiger partial charge in [0.15, 0.2) is 9.84 Å². The van der Waals surface area contributed by atoms with Gasteiger partial charge in [0.1, 0.15) is 0 Å². The van der Waals surface area contributed by atoms with E-state index in [1.165, 1.54) is 11.1 Å². The van der Waals surface area contributed by atoms with Crippen molar-refractivity contribution in [3.05, 3.63) is 46.3 Å². The number of piperidine rings is 1. The molecule has 1 N–H and O–H groups in total. The molecule has 3 heterocycles. The third-order valence-electron chi connectivity index (χ3n) is 5.96. The van der Waals surface area contributed by atoms with Crippen molar-refractivity contribution in [2.75, 3.05) is 24.2 Å². The monoisotopic (exact) mass is 472 g/mol. The maximum Gasteiger partial charge on any atom is 0.226 e. The predicted molar refractivity (Wildman–Crippen MR) is 128 cm³/mol. The smallest absolute Gasteiger partial charge is 0.226 e. The van der Waals surface area contributed by atoms with E-state index in [2.05, 4.69) is 28.3 Å². The second kappa shape index (κ2) is 9.15. The van der Waals surface area contributed by atoms with E-state index < -0.39 is 9.84 Å². The van der Waals surface area contributed by atoms with E-state index in [-0.39, 0.29) is 22.8 Å². The molecule has 3 aromatic rings. The lowest BCUT2D eigenvalue weighted by Crippen LogP contribution is -2.44. The molecule has 1 aliphatic rings. The third kappa shape index (κ3) is 4.78. The van der Waals surface area contributed by atoms with Crippen LogP contribution in [0.1, 0.15) is 42.8 Å². The molecule has 1 saturated heterocycles. The minimum absolute atomic E-state index is 0.0338. The van der Waals surface area contributed by atoms with E-state index in [0.29, 0.717) is 18.0 Å². The summed E-state index contributed by atoms with van der Waals surface area (Å²) in [5.74, 6) is 0.468. The van der Waals surface area contributed by atoms with Crippen LogP contribution in [-0.4, -0.2) is 43.6 Å². The lowest BCUT2D eigenvalue weighted by Gasteiger charge is -2.33. The maximum atomic E-state index is 13.0. The number of aryl methyl sites for hydroxylation is 1. The molecule has 9 heteroatoms. The maximum absolute atomic E-state index is 13.0. The highest BCUT2D eigenvalue weighted by Crippen LogP contribution is 2.27. The summed E-state index contributed by atoms with van der Waals surface area (Å²) in [6.45, 7) is 5.29. The van der Waals surface area contributed by atoms with Gasteiger partial charge in [0.25, 0.3) is 0 Å². The van der Waals surface area contributed by atoms with Gasteiger partial charge in [-0.1, -0.05) is 13.0 Å². The Labute approximate surface area is 192 Å². The van der Waals surface area contributed by atoms with Gasteiger partial charge in [-0.2, -0.15) is 0 Å². The topological polar surface area (TPSA) is 92.3 Å². The molecule has 2 unspecified atom stereocenters. The molecule has 0 spiro atoms. The molecule has 32 heavy (non-hydrogen) atoms. The molecule has 2 aromatic heterocycles. The highest BCUT2D eigenvalue weighted by molar-refractivity contribution is 7.90. The van der Waals surface area contributed by atoms with Crippen molar-refractivity contribution in [1.29, 1.82) is 0 Å². The summed E-state index contributed by atoms with van der Waals surface area (Å²) < 4.78 is 23.9. The Bertz CT molecular complexity index is 1230. The molecule has 0 aliphatic carbocycles. The Morgan fingerprint density at radius 1 is 1.31 bits per heavy atom. The van der Waals surface area contributed by atoms with E-state index in [9.17, 15) is 13.2 Å². The molecule has 1 fully saturated rings. The van der Waals surface area contributed by atoms with Gasteiger partial charge in [0.2, 0.25) is 11.9 Å². The van der Waals surface area contributed by atoms with Crippen LogP contribution in [0.3, 0.4) is 0 Å². The summed E-state index contributed by atoms with van der Waals surface area (Å²) in [6.07, 6.45) is 3.74. The van der Waals surface area contributed by atoms with Crippen LogP contribution in [0.5, 0.6) is 0 Å². The SMILES string of the molecule is CCC(NC(=O)C1CCCN(c2nc(C)c3ccc(S(C)(=O)=O)cc3n2)C1)c1cccs1. The molecule has 7 nitrogen and oxygen atoms in total. The number of hydrogen-bond donors (Lipinski definition) is 1. The number of nitrogens with zero attached hydrogens (tertiary/aromatic N) is 3. The number of nitrogens with one attached hydrogen (secondary N) is 1. The van der Waals surface area contributed by atoms with Gasteiger partial charge in [-0.25, -0.2) is 18.4 Å². The van der Waals surface area contributed by atoms with Crippen molar-refractivity contribution < 1.29 is 13.2 Å². The number of amides is 1. The molecular formula is C23H28N4O3S2. The first-order chi connectivity index (χ1) is 15.3. The number of sulfone groups is 1. The van der Waals surface area contributed by atoms with Crippen molar-refractivity contribution in [2.24, 2.45) is 5.92 Å². The minimum atomic E-state index is -3.32. The first kappa shape index (κ1) is 22.7. The van der Waals surface area contributed by atoms with E-state index in [1.54, 1.807) is 29.5 Å². The minimum Gasteiger partial charge on any atom is -0.348 e. The number of carbonyl (C=O) groups is 1. The molecule has 1 amide bonds. The van der Waals surface area contributed by atoms with Crippen molar-refractivity contribution >= 4 is 43.9 Å². The van der Waals surface area contributed by atoms with Crippen LogP contribution in [0, 0.1) is 12.8 Å². The molecule has 0 bridgehead atoms. The van der Waals surface area contributed by atoms with Crippen molar-refractivity contribution in [3.63, 3.8) is 0 Å². The first-order valence-corrected chi connectivity index (χ1v) is 13.6. The van der Waals surface area contributed by atoms with E-state index in [1.807, 2.05) is 23.3 Å². The molecule has 0 saturated carbocycles. The van der Waals surface area contributed by atoms with E-state index >= 15 is 0 Å². The van der Waals surface area contributed by atoms with E-state index in [0.717, 1.165) is 36.9 Å². The van der Waals surface area contributed by atoms with E-state index in [4.69, 9.17) is 0 Å². The Hall–Kier alpha value is -2.52. The van der Waals surface area contributed by atoms with Gasteiger partial charge in [-0.3, -0.25) is 4.79 Å². The van der Waals surface area contributed by atoms with Crippen LogP contribution >= 0.6 is 11.3 Å². The first-order valence-electron chi connectivity index (χ1n) is 10.8. The molecule has 4 rings (SSSR count). The average molecular weight is 473 g/mol. The van der Waals surface area contributed by atoms with Gasteiger partial charge >= 0.3 is 0 Å². The summed E-state index contributed by atoms with van der Waals surface area (Å²) in [4.78, 5) is 25.8. The lowest BCUT2D eigenvalue weighted by atomic mass is 9.96. The van der Waals surface area contributed by atoms with Gasteiger partial charge in [-0.15, -0.1) is 11.3 Å². The molecule has 2 atom stereocenters. The number of aromatic nitrogens is 2. The van der Waals surface area contributed by atoms with Crippen LogP contribution in [0.4, 0.5) is 5.95 Å². The van der Waals surface area contributed by atoms with Gasteiger partial charge < -0.3 is 10.2 Å². The normalized spacial score (nSPS) is 18.0. The zero-order chi connectivity index (χ0) is 22.9. The fraction of sp³-hybridized carbons (Fsp3) is 0.435. The average Bonchev–Trinajstić information content (AvgIpc) is 3.31. The van der Waals surface area contributed by atoms with Crippen molar-refractivity contribution in [3.8, 4) is 0 Å². The number of fused-ring (bicyclic) bond motifs is 1. The molecule has 170 valence electrons. The predicted octanol–water partition coefficient (Wildman–Crippen LogP) is 3.89. The fourth-order valence-corrected chi connectivity index (χ4v) is 5.65. The largest absolute Gasteiger partial charge is 0.348 e. The number of benzene rings is 1. The van der Waals surface area contributed by atoms with Gasteiger partial charge in [0.05, 0.1) is 28.1 Å². The molecule has 1 aliphatic heterocycles. The summed E-state index contributed by atoms with van der Waals surface area (Å²) >= 11 is 1.66. The Morgan fingerprint density at radius 2 is 2.12 bits per heavy atom. The molecule has 0 radical (unpaired) electrons. The fourth-order valence-electron chi connectivity index (χ4n) is 4.15. The van der Waals surface area contributed by atoms with Crippen LogP contribution in [0.15, 0.2) is 40.6 Å². The quantitative estimate of drug-likeness (QED) is 0.585. The second-order valence-electron chi connectivity index (χ2n) is 8.33. The Balaban J connectivity index is 1.55. The van der Waals surface area contributed by atoms with Crippen LogP contribution < -0.4 is 10.2 Å². The standard InChI is InChI=1S/C23H28N4O3S2/c1-4-19(21-8-6-12-31-21)25-22(28)16-7-5-11-27(14-16)23-24-15(2)18-10-9-17(32(3,29)30)13-20(18)26-23/h6,8-10,12-13,16,19H,4-5,7,11,14H2,1-3H3,(H,25,28). The number of rotatable bonds is 6. The van der Waals surface area contributed by atoms with Gasteiger partial charge in [0, 0.05) is 29.6 Å². The zero-order valence-electron chi connectivity index (χ0n) is 18.5. The van der Waals surface area contributed by atoms with Crippen LogP contribution in [-0.2, 0) is 14.6 Å². The van der Waals surface area contributed by atoms with Gasteiger partial charge in [-0.05, 0) is 55.8 Å². The molecular weight excluding hydrogens is 444 g/mol. The van der Waals surface area contributed by atoms with Crippen molar-refractivity contribution in [1.82, 2.24) is 15.3 Å². The highest BCUT2D eigenvalue weighted by Gasteiger charge is 2.29. The van der Waals surface area contributed by atoms with Crippen molar-refractivity contribution in [2.45, 2.75) is 44.0 Å². The Kier molecular flexibility index (Phi) is 6.48. The Morgan fingerprint density at radius 3 is 2.81 bits per heavy atom. The van der Waals surface area contributed by atoms with Crippen LogP contribution in [0.25, 0.3) is 10.9 Å². The zero-order valence-corrected chi connectivity index (χ0v) is 20.2.